The van der Waals surface area contributed by atoms with E-state index in [0.29, 0.717) is 5.75 Å². The predicted molar refractivity (Wildman–Crippen MR) is 82.7 cm³/mol. The minimum absolute atomic E-state index is 0.337. The van der Waals surface area contributed by atoms with E-state index >= 15 is 0 Å². The third-order valence-corrected chi connectivity index (χ3v) is 2.96. The maximum atomic E-state index is 10.4. The van der Waals surface area contributed by atoms with E-state index in [0.717, 1.165) is 16.8 Å². The van der Waals surface area contributed by atoms with Gasteiger partial charge in [-0.3, -0.25) is 4.99 Å². The van der Waals surface area contributed by atoms with Crippen LogP contribution < -0.4 is 4.74 Å². The van der Waals surface area contributed by atoms with Gasteiger partial charge >= 0.3 is 5.97 Å². The summed E-state index contributed by atoms with van der Waals surface area (Å²) < 4.78 is 5.08. The Balaban J connectivity index is 2.07. The molecule has 4 heteroatoms. The third kappa shape index (κ3) is 4.45. The van der Waals surface area contributed by atoms with Gasteiger partial charge < -0.3 is 9.84 Å². The van der Waals surface area contributed by atoms with Crippen LogP contribution in [-0.2, 0) is 4.79 Å². The molecular formula is C17H17NO3. The Kier molecular flexibility index (Phi) is 4.72. The van der Waals surface area contributed by atoms with Crippen molar-refractivity contribution < 1.29 is 14.6 Å². The number of aliphatic carboxylic acids is 1. The van der Waals surface area contributed by atoms with Crippen LogP contribution in [0.5, 0.6) is 5.75 Å². The second kappa shape index (κ2) is 6.70. The van der Waals surface area contributed by atoms with Gasteiger partial charge in [-0.1, -0.05) is 12.1 Å². The van der Waals surface area contributed by atoms with Crippen LogP contribution >= 0.6 is 0 Å². The molecule has 0 aliphatic rings. The summed E-state index contributed by atoms with van der Waals surface area (Å²) in [6.07, 6.45) is 1.78. The van der Waals surface area contributed by atoms with Crippen molar-refractivity contribution in [3.05, 3.63) is 59.2 Å². The van der Waals surface area contributed by atoms with Crippen LogP contribution in [0, 0.1) is 13.8 Å². The second-order valence-corrected chi connectivity index (χ2v) is 4.80. The highest BCUT2D eigenvalue weighted by atomic mass is 16.5. The summed E-state index contributed by atoms with van der Waals surface area (Å²) in [6, 6.07) is 13.3. The van der Waals surface area contributed by atoms with Gasteiger partial charge in [-0.05, 0) is 60.9 Å². The number of rotatable bonds is 5. The number of aryl methyl sites for hydroxylation is 2. The molecule has 0 aliphatic carbocycles. The van der Waals surface area contributed by atoms with E-state index in [4.69, 9.17) is 9.84 Å². The highest BCUT2D eigenvalue weighted by Gasteiger charge is 1.99. The lowest BCUT2D eigenvalue weighted by Gasteiger charge is -2.03. The molecule has 0 amide bonds. The highest BCUT2D eigenvalue weighted by molar-refractivity contribution is 5.82. The number of hydrogen-bond acceptors (Lipinski definition) is 3. The van der Waals surface area contributed by atoms with Crippen molar-refractivity contribution in [2.45, 2.75) is 13.8 Å². The monoisotopic (exact) mass is 283 g/mol. The quantitative estimate of drug-likeness (QED) is 0.854. The molecule has 0 radical (unpaired) electrons. The summed E-state index contributed by atoms with van der Waals surface area (Å²) in [7, 11) is 0. The summed E-state index contributed by atoms with van der Waals surface area (Å²) >= 11 is 0. The van der Waals surface area contributed by atoms with Crippen molar-refractivity contribution in [2.75, 3.05) is 6.61 Å². The molecule has 2 aromatic rings. The molecule has 0 saturated heterocycles. The lowest BCUT2D eigenvalue weighted by molar-refractivity contribution is -0.139. The number of benzene rings is 2. The molecule has 0 spiro atoms. The number of hydrogen-bond donors (Lipinski definition) is 1. The van der Waals surface area contributed by atoms with Crippen molar-refractivity contribution in [2.24, 2.45) is 4.99 Å². The number of ether oxygens (including phenoxy) is 1. The average Bonchev–Trinajstić information content (AvgIpc) is 2.47. The maximum absolute atomic E-state index is 10.4. The highest BCUT2D eigenvalue weighted by Crippen LogP contribution is 2.20. The Bertz CT molecular complexity index is 660. The third-order valence-electron chi connectivity index (χ3n) is 2.96. The lowest BCUT2D eigenvalue weighted by atomic mass is 10.1. The molecule has 0 unspecified atom stereocenters. The van der Waals surface area contributed by atoms with Gasteiger partial charge in [0.05, 0.1) is 5.69 Å². The molecule has 0 atom stereocenters. The van der Waals surface area contributed by atoms with Crippen LogP contribution in [0.3, 0.4) is 0 Å². The van der Waals surface area contributed by atoms with Crippen LogP contribution in [-0.4, -0.2) is 23.9 Å². The van der Waals surface area contributed by atoms with Gasteiger partial charge in [0.1, 0.15) is 5.75 Å². The van der Waals surface area contributed by atoms with Gasteiger partial charge in [-0.2, -0.15) is 0 Å². The van der Waals surface area contributed by atoms with Crippen LogP contribution in [0.1, 0.15) is 16.7 Å². The molecule has 4 nitrogen and oxygen atoms in total. The minimum Gasteiger partial charge on any atom is -0.482 e. The summed E-state index contributed by atoms with van der Waals surface area (Å²) in [5, 5.41) is 8.54. The second-order valence-electron chi connectivity index (χ2n) is 4.80. The summed E-state index contributed by atoms with van der Waals surface area (Å²) in [5.41, 5.74) is 4.17. The molecule has 2 aromatic carbocycles. The van der Waals surface area contributed by atoms with Gasteiger partial charge in [0.25, 0.3) is 0 Å². The van der Waals surface area contributed by atoms with Crippen molar-refractivity contribution in [1.29, 1.82) is 0 Å². The van der Waals surface area contributed by atoms with Crippen LogP contribution in [0.4, 0.5) is 5.69 Å². The lowest BCUT2D eigenvalue weighted by Crippen LogP contribution is -2.09. The van der Waals surface area contributed by atoms with E-state index in [1.807, 2.05) is 38.1 Å². The minimum atomic E-state index is -0.990. The molecule has 0 aromatic heterocycles. The normalized spacial score (nSPS) is 10.8. The van der Waals surface area contributed by atoms with Crippen molar-refractivity contribution in [1.82, 2.24) is 0 Å². The Morgan fingerprint density at radius 1 is 1.19 bits per heavy atom. The van der Waals surface area contributed by atoms with Crippen molar-refractivity contribution in [3.8, 4) is 5.75 Å². The number of carbonyl (C=O) groups is 1. The number of aliphatic imine (C=N–C) groups is 1. The van der Waals surface area contributed by atoms with Gasteiger partial charge in [-0.15, -0.1) is 0 Å². The number of carboxylic acids is 1. The fraction of sp³-hybridized carbons (Fsp3) is 0.176. The summed E-state index contributed by atoms with van der Waals surface area (Å²) in [4.78, 5) is 14.9. The summed E-state index contributed by atoms with van der Waals surface area (Å²) in [6.45, 7) is 3.72. The first-order valence-corrected chi connectivity index (χ1v) is 6.60. The Hall–Kier alpha value is -2.62. The molecule has 0 saturated carbocycles. The van der Waals surface area contributed by atoms with Gasteiger partial charge in [-0.25, -0.2) is 4.79 Å². The zero-order chi connectivity index (χ0) is 15.2. The Morgan fingerprint density at radius 2 is 1.90 bits per heavy atom. The first kappa shape index (κ1) is 14.8. The number of carboxylic acid groups (broad SMARTS) is 1. The molecule has 0 fully saturated rings. The SMILES string of the molecule is Cc1ccc(C)c(N=Cc2ccc(OCC(=O)O)cc2)c1. The van der Waals surface area contributed by atoms with E-state index < -0.39 is 5.97 Å². The fourth-order valence-corrected chi connectivity index (χ4v) is 1.80. The topological polar surface area (TPSA) is 58.9 Å². The molecular weight excluding hydrogens is 266 g/mol. The molecule has 108 valence electrons. The maximum Gasteiger partial charge on any atom is 0.341 e. The molecule has 2 rings (SSSR count). The average molecular weight is 283 g/mol. The predicted octanol–water partition coefficient (Wildman–Crippen LogP) is 3.52. The largest absolute Gasteiger partial charge is 0.482 e. The zero-order valence-electron chi connectivity index (χ0n) is 12.0. The molecule has 21 heavy (non-hydrogen) atoms. The molecule has 0 aliphatic heterocycles. The first-order valence-electron chi connectivity index (χ1n) is 6.60. The van der Waals surface area contributed by atoms with E-state index in [1.54, 1.807) is 18.3 Å². The molecule has 0 heterocycles. The van der Waals surface area contributed by atoms with Crippen molar-refractivity contribution in [3.63, 3.8) is 0 Å². The summed E-state index contributed by atoms with van der Waals surface area (Å²) in [5.74, 6) is -0.461. The molecule has 0 bridgehead atoms. The van der Waals surface area contributed by atoms with Gasteiger partial charge in [0.2, 0.25) is 0 Å². The van der Waals surface area contributed by atoms with Gasteiger partial charge in [0.15, 0.2) is 6.61 Å². The van der Waals surface area contributed by atoms with Crippen LogP contribution in [0.2, 0.25) is 0 Å². The van der Waals surface area contributed by atoms with E-state index in [1.165, 1.54) is 5.56 Å². The standard InChI is InChI=1S/C17H17NO3/c1-12-3-4-13(2)16(9-12)18-10-14-5-7-15(8-6-14)21-11-17(19)20/h3-10H,11H2,1-2H3,(H,19,20). The van der Waals surface area contributed by atoms with E-state index in [2.05, 4.69) is 11.1 Å². The Morgan fingerprint density at radius 3 is 2.57 bits per heavy atom. The fourth-order valence-electron chi connectivity index (χ4n) is 1.80. The van der Waals surface area contributed by atoms with Gasteiger partial charge in [0, 0.05) is 6.21 Å². The van der Waals surface area contributed by atoms with Crippen molar-refractivity contribution >= 4 is 17.9 Å². The van der Waals surface area contributed by atoms with Crippen LogP contribution in [0.15, 0.2) is 47.5 Å². The zero-order valence-corrected chi connectivity index (χ0v) is 12.0. The van der Waals surface area contributed by atoms with E-state index in [9.17, 15) is 4.79 Å². The van der Waals surface area contributed by atoms with Crippen LogP contribution in [0.25, 0.3) is 0 Å². The van der Waals surface area contributed by atoms with E-state index in [-0.39, 0.29) is 6.61 Å². The number of nitrogens with zero attached hydrogens (tertiary/aromatic N) is 1. The molecule has 1 N–H and O–H groups in total. The Labute approximate surface area is 123 Å². The first-order chi connectivity index (χ1) is 10.0. The smallest absolute Gasteiger partial charge is 0.341 e.